The molecule has 2 aliphatic rings. The summed E-state index contributed by atoms with van der Waals surface area (Å²) in [5.74, 6) is 0.836. The van der Waals surface area contributed by atoms with E-state index in [0.717, 1.165) is 23.7 Å². The van der Waals surface area contributed by atoms with Crippen LogP contribution < -0.4 is 5.56 Å². The van der Waals surface area contributed by atoms with Crippen LogP contribution in [0.15, 0.2) is 47.3 Å². The van der Waals surface area contributed by atoms with Crippen molar-refractivity contribution in [3.05, 3.63) is 52.8 Å². The first-order valence-electron chi connectivity index (χ1n) is 7.67. The summed E-state index contributed by atoms with van der Waals surface area (Å²) < 4.78 is 1.61. The van der Waals surface area contributed by atoms with E-state index in [1.807, 2.05) is 36.4 Å². The van der Waals surface area contributed by atoms with E-state index in [1.54, 1.807) is 10.7 Å². The van der Waals surface area contributed by atoms with Gasteiger partial charge in [-0.1, -0.05) is 30.3 Å². The first kappa shape index (κ1) is 12.8. The van der Waals surface area contributed by atoms with Crippen LogP contribution in [0.1, 0.15) is 19.3 Å². The summed E-state index contributed by atoms with van der Waals surface area (Å²) in [6.07, 6.45) is 3.93. The van der Waals surface area contributed by atoms with Crippen LogP contribution in [0, 0.1) is 5.92 Å². The fraction of sp³-hybridized carbons (Fsp3) is 0.412. The van der Waals surface area contributed by atoms with E-state index in [-0.39, 0.29) is 5.56 Å². The minimum absolute atomic E-state index is 0.0162. The highest BCUT2D eigenvalue weighted by Gasteiger charge is 2.37. The molecule has 2 aromatic rings. The van der Waals surface area contributed by atoms with Crippen LogP contribution in [0.5, 0.6) is 0 Å². The molecule has 1 saturated heterocycles. The molecule has 1 aromatic heterocycles. The van der Waals surface area contributed by atoms with Gasteiger partial charge in [-0.3, -0.25) is 9.69 Å². The summed E-state index contributed by atoms with van der Waals surface area (Å²) >= 11 is 0. The second-order valence-corrected chi connectivity index (χ2v) is 6.17. The normalized spacial score (nSPS) is 24.6. The number of nitrogens with zero attached hydrogens (tertiary/aromatic N) is 3. The Morgan fingerprint density at radius 1 is 1.10 bits per heavy atom. The molecule has 1 aliphatic carbocycles. The lowest BCUT2D eigenvalue weighted by molar-refractivity contribution is 0.156. The van der Waals surface area contributed by atoms with Crippen LogP contribution in [-0.2, 0) is 6.67 Å². The Hall–Kier alpha value is -1.94. The predicted molar refractivity (Wildman–Crippen MR) is 81.8 cm³/mol. The second kappa shape index (κ2) is 5.11. The highest BCUT2D eigenvalue weighted by atomic mass is 16.1. The SMILES string of the molecule is O=c1ccc(-c2ccccc2)nn1CN1CC2CCC1C2. The number of benzene rings is 1. The van der Waals surface area contributed by atoms with E-state index >= 15 is 0 Å². The lowest BCUT2D eigenvalue weighted by Crippen LogP contribution is -2.38. The molecule has 21 heavy (non-hydrogen) atoms. The molecule has 2 bridgehead atoms. The summed E-state index contributed by atoms with van der Waals surface area (Å²) in [7, 11) is 0. The number of rotatable bonds is 3. The Morgan fingerprint density at radius 3 is 2.67 bits per heavy atom. The van der Waals surface area contributed by atoms with Gasteiger partial charge in [0, 0.05) is 24.2 Å². The predicted octanol–water partition coefficient (Wildman–Crippen LogP) is 2.35. The quantitative estimate of drug-likeness (QED) is 0.867. The summed E-state index contributed by atoms with van der Waals surface area (Å²) in [4.78, 5) is 14.5. The Morgan fingerprint density at radius 2 is 1.95 bits per heavy atom. The van der Waals surface area contributed by atoms with Gasteiger partial charge in [0.1, 0.15) is 0 Å². The molecule has 4 rings (SSSR count). The molecule has 4 heteroatoms. The Kier molecular flexibility index (Phi) is 3.11. The summed E-state index contributed by atoms with van der Waals surface area (Å²) in [6, 6.07) is 14.1. The Labute approximate surface area is 124 Å². The molecule has 1 saturated carbocycles. The van der Waals surface area contributed by atoms with Crippen LogP contribution in [0.3, 0.4) is 0 Å². The van der Waals surface area contributed by atoms with E-state index in [9.17, 15) is 4.79 Å². The van der Waals surface area contributed by atoms with Gasteiger partial charge in [-0.05, 0) is 31.2 Å². The highest BCUT2D eigenvalue weighted by Crippen LogP contribution is 2.37. The van der Waals surface area contributed by atoms with Crippen LogP contribution in [0.2, 0.25) is 0 Å². The van der Waals surface area contributed by atoms with Crippen LogP contribution in [-0.4, -0.2) is 27.3 Å². The highest BCUT2D eigenvalue weighted by molar-refractivity contribution is 5.57. The summed E-state index contributed by atoms with van der Waals surface area (Å²) in [6.45, 7) is 1.75. The molecule has 2 unspecified atom stereocenters. The van der Waals surface area contributed by atoms with Crippen molar-refractivity contribution in [1.29, 1.82) is 0 Å². The molecule has 0 amide bonds. The van der Waals surface area contributed by atoms with Gasteiger partial charge in [-0.2, -0.15) is 5.10 Å². The number of hydrogen-bond donors (Lipinski definition) is 0. The van der Waals surface area contributed by atoms with Crippen molar-refractivity contribution in [1.82, 2.24) is 14.7 Å². The third-order valence-electron chi connectivity index (χ3n) is 4.77. The van der Waals surface area contributed by atoms with Crippen molar-refractivity contribution in [2.24, 2.45) is 5.92 Å². The maximum atomic E-state index is 12.1. The van der Waals surface area contributed by atoms with Crippen molar-refractivity contribution in [2.45, 2.75) is 32.0 Å². The van der Waals surface area contributed by atoms with Gasteiger partial charge in [0.25, 0.3) is 5.56 Å². The number of likely N-dealkylation sites (tertiary alicyclic amines) is 1. The lowest BCUT2D eigenvalue weighted by Gasteiger charge is -2.26. The monoisotopic (exact) mass is 281 g/mol. The van der Waals surface area contributed by atoms with E-state index in [4.69, 9.17) is 0 Å². The zero-order valence-electron chi connectivity index (χ0n) is 12.0. The van der Waals surface area contributed by atoms with Gasteiger partial charge in [0.15, 0.2) is 0 Å². The minimum atomic E-state index is -0.0162. The van der Waals surface area contributed by atoms with Gasteiger partial charge in [-0.25, -0.2) is 4.68 Å². The number of piperidine rings is 1. The second-order valence-electron chi connectivity index (χ2n) is 6.17. The molecular formula is C17H19N3O. The molecule has 1 aliphatic heterocycles. The first-order chi connectivity index (χ1) is 10.3. The maximum absolute atomic E-state index is 12.1. The maximum Gasteiger partial charge on any atom is 0.268 e. The van der Waals surface area contributed by atoms with Crippen molar-refractivity contribution in [3.8, 4) is 11.3 Å². The molecule has 4 nitrogen and oxygen atoms in total. The molecule has 1 aromatic carbocycles. The summed E-state index contributed by atoms with van der Waals surface area (Å²) in [5, 5.41) is 4.55. The Bertz CT molecular complexity index is 695. The fourth-order valence-electron chi connectivity index (χ4n) is 3.69. The van der Waals surface area contributed by atoms with Gasteiger partial charge in [0.05, 0.1) is 12.4 Å². The van der Waals surface area contributed by atoms with E-state index in [1.165, 1.54) is 19.3 Å². The molecule has 0 spiro atoms. The van der Waals surface area contributed by atoms with Crippen molar-refractivity contribution in [3.63, 3.8) is 0 Å². The smallest absolute Gasteiger partial charge is 0.268 e. The molecule has 2 fully saturated rings. The lowest BCUT2D eigenvalue weighted by atomic mass is 10.1. The zero-order chi connectivity index (χ0) is 14.2. The fourth-order valence-corrected chi connectivity index (χ4v) is 3.69. The molecule has 108 valence electrons. The molecule has 2 atom stereocenters. The van der Waals surface area contributed by atoms with E-state index < -0.39 is 0 Å². The first-order valence-corrected chi connectivity index (χ1v) is 7.67. The topological polar surface area (TPSA) is 38.1 Å². The zero-order valence-corrected chi connectivity index (χ0v) is 12.0. The van der Waals surface area contributed by atoms with Crippen molar-refractivity contribution < 1.29 is 0 Å². The molecule has 2 heterocycles. The van der Waals surface area contributed by atoms with Gasteiger partial charge >= 0.3 is 0 Å². The average molecular weight is 281 g/mol. The average Bonchev–Trinajstić information content (AvgIpc) is 3.13. The Balaban J connectivity index is 1.61. The van der Waals surface area contributed by atoms with Crippen molar-refractivity contribution in [2.75, 3.05) is 6.54 Å². The number of aromatic nitrogens is 2. The largest absolute Gasteiger partial charge is 0.281 e. The van der Waals surface area contributed by atoms with Crippen LogP contribution >= 0.6 is 0 Å². The van der Waals surface area contributed by atoms with Gasteiger partial charge in [0.2, 0.25) is 0 Å². The van der Waals surface area contributed by atoms with Crippen LogP contribution in [0.4, 0.5) is 0 Å². The van der Waals surface area contributed by atoms with E-state index in [2.05, 4.69) is 10.00 Å². The minimum Gasteiger partial charge on any atom is -0.281 e. The standard InChI is InChI=1S/C17H19N3O/c21-17-9-8-16(14-4-2-1-3-5-14)18-20(17)12-19-11-13-6-7-15(19)10-13/h1-5,8-9,13,15H,6-7,10-12H2. The van der Waals surface area contributed by atoms with Crippen molar-refractivity contribution >= 4 is 0 Å². The molecule has 0 radical (unpaired) electrons. The number of fused-ring (bicyclic) bond motifs is 2. The molecule has 0 N–H and O–H groups in total. The van der Waals surface area contributed by atoms with Crippen LogP contribution in [0.25, 0.3) is 11.3 Å². The molecular weight excluding hydrogens is 262 g/mol. The van der Waals surface area contributed by atoms with Gasteiger partial charge < -0.3 is 0 Å². The summed E-state index contributed by atoms with van der Waals surface area (Å²) in [5.41, 5.74) is 1.89. The third-order valence-corrected chi connectivity index (χ3v) is 4.77. The number of hydrogen-bond acceptors (Lipinski definition) is 3. The van der Waals surface area contributed by atoms with Gasteiger partial charge in [-0.15, -0.1) is 0 Å². The third kappa shape index (κ3) is 2.40. The van der Waals surface area contributed by atoms with E-state index in [0.29, 0.717) is 12.7 Å².